The number of esters is 1. The van der Waals surface area contributed by atoms with E-state index in [1.165, 1.54) is 29.2 Å². The zero-order chi connectivity index (χ0) is 34.4. The van der Waals surface area contributed by atoms with Crippen molar-refractivity contribution in [1.82, 2.24) is 10.2 Å². The van der Waals surface area contributed by atoms with Gasteiger partial charge in [-0.2, -0.15) is 0 Å². The fourth-order valence-corrected chi connectivity index (χ4v) is 6.31. The zero-order valence-electron chi connectivity index (χ0n) is 27.0. The quantitative estimate of drug-likeness (QED) is 0.0527. The van der Waals surface area contributed by atoms with Crippen LogP contribution in [0.4, 0.5) is 10.5 Å². The molecule has 2 amide bonds. The van der Waals surface area contributed by atoms with Crippen molar-refractivity contribution < 1.29 is 32.9 Å². The van der Waals surface area contributed by atoms with Crippen LogP contribution in [-0.4, -0.2) is 40.7 Å². The fraction of sp³-hybridized carbons (Fsp3) is 0.278. The number of amides is 2. The summed E-state index contributed by atoms with van der Waals surface area (Å²) in [6.45, 7) is 3.98. The summed E-state index contributed by atoms with van der Waals surface area (Å²) < 4.78 is 31.7. The van der Waals surface area contributed by atoms with E-state index in [9.17, 15) is 24.3 Å². The molecule has 0 saturated heterocycles. The summed E-state index contributed by atoms with van der Waals surface area (Å²) in [5.41, 5.74) is 2.80. The Kier molecular flexibility index (Phi) is 13.4. The molecule has 0 spiro atoms. The Balaban J connectivity index is 1.55. The Morgan fingerprint density at radius 2 is 1.23 bits per heavy atom. The van der Waals surface area contributed by atoms with Crippen LogP contribution in [-0.2, 0) is 49.4 Å². The van der Waals surface area contributed by atoms with E-state index >= 15 is 0 Å². The molecule has 0 aliphatic carbocycles. The highest BCUT2D eigenvalue weighted by Crippen LogP contribution is 2.50. The predicted molar refractivity (Wildman–Crippen MR) is 182 cm³/mol. The van der Waals surface area contributed by atoms with Gasteiger partial charge in [-0.05, 0) is 28.2 Å². The molecule has 4 aromatic carbocycles. The van der Waals surface area contributed by atoms with Crippen LogP contribution in [0, 0.1) is 16.0 Å². The first-order valence-electron chi connectivity index (χ1n) is 15.6. The summed E-state index contributed by atoms with van der Waals surface area (Å²) in [4.78, 5) is 39.3. The van der Waals surface area contributed by atoms with Gasteiger partial charge in [-0.25, -0.2) is 9.59 Å². The van der Waals surface area contributed by atoms with E-state index in [4.69, 9.17) is 13.8 Å². The summed E-state index contributed by atoms with van der Waals surface area (Å²) >= 11 is 0. The number of carbonyl (C=O) groups is 2. The van der Waals surface area contributed by atoms with E-state index in [0.29, 0.717) is 5.56 Å². The number of carbonyl (C=O) groups excluding carboxylic acids is 2. The summed E-state index contributed by atoms with van der Waals surface area (Å²) in [6.07, 6.45) is -0.375. The number of non-ortho nitro benzene ring substituents is 1. The number of ether oxygens (including phenoxy) is 1. The lowest BCUT2D eigenvalue weighted by atomic mass is 10.1. The molecule has 0 heterocycles. The maximum absolute atomic E-state index is 14.3. The minimum Gasteiger partial charge on any atom is -0.459 e. The first-order chi connectivity index (χ1) is 23.1. The molecule has 48 heavy (non-hydrogen) atoms. The van der Waals surface area contributed by atoms with Gasteiger partial charge >= 0.3 is 19.6 Å². The van der Waals surface area contributed by atoms with Crippen LogP contribution in [0.1, 0.15) is 36.1 Å². The van der Waals surface area contributed by atoms with E-state index in [-0.39, 0.29) is 50.7 Å². The lowest BCUT2D eigenvalue weighted by Crippen LogP contribution is -2.50. The molecule has 0 aromatic heterocycles. The number of nitrogens with one attached hydrogen (secondary N) is 1. The number of rotatable bonds is 17. The van der Waals surface area contributed by atoms with Gasteiger partial charge in [-0.15, -0.1) is 0 Å². The molecular formula is C36H40N3O8P. The third-order valence-electron chi connectivity index (χ3n) is 7.15. The number of urea groups is 1. The topological polar surface area (TPSA) is 137 Å². The molecule has 0 aliphatic rings. The first-order valence-corrected chi connectivity index (χ1v) is 17.3. The Morgan fingerprint density at radius 3 is 1.69 bits per heavy atom. The maximum Gasteiger partial charge on any atom is 0.350 e. The second kappa shape index (κ2) is 17.9. The van der Waals surface area contributed by atoms with Crippen LogP contribution in [0.15, 0.2) is 115 Å². The van der Waals surface area contributed by atoms with Crippen LogP contribution in [0.5, 0.6) is 0 Å². The van der Waals surface area contributed by atoms with Crippen molar-refractivity contribution in [3.63, 3.8) is 0 Å². The van der Waals surface area contributed by atoms with Crippen molar-refractivity contribution >= 4 is 25.3 Å². The molecule has 4 aromatic rings. The van der Waals surface area contributed by atoms with Gasteiger partial charge in [0.25, 0.3) is 5.69 Å². The van der Waals surface area contributed by atoms with Crippen LogP contribution in [0.2, 0.25) is 0 Å². The normalized spacial score (nSPS) is 11.9. The smallest absolute Gasteiger partial charge is 0.350 e. The minimum absolute atomic E-state index is 0.000446. The van der Waals surface area contributed by atoms with Gasteiger partial charge in [-0.1, -0.05) is 117 Å². The third kappa shape index (κ3) is 11.8. The summed E-state index contributed by atoms with van der Waals surface area (Å²) in [7, 11) is -3.93. The Morgan fingerprint density at radius 1 is 0.750 bits per heavy atom. The highest BCUT2D eigenvalue weighted by Gasteiger charge is 2.33. The largest absolute Gasteiger partial charge is 0.459 e. The van der Waals surface area contributed by atoms with Crippen molar-refractivity contribution in [3.05, 3.63) is 148 Å². The molecule has 1 N–H and O–H groups in total. The summed E-state index contributed by atoms with van der Waals surface area (Å²) in [6, 6.07) is 31.4. The SMILES string of the molecule is CC(C)CN(CP(=O)(OCc1ccccc1)OCc1ccccc1)C(=O)N[C@@H](Cc1ccc([N+](=O)[O-])cc1)C(=O)OCc1ccccc1. The van der Waals surface area contributed by atoms with Gasteiger partial charge in [0.05, 0.1) is 18.1 Å². The molecule has 1 atom stereocenters. The Labute approximate surface area is 280 Å². The van der Waals surface area contributed by atoms with Gasteiger partial charge in [0, 0.05) is 25.1 Å². The Hall–Kier alpha value is -4.83. The molecular weight excluding hydrogens is 633 g/mol. The number of hydrogen-bond acceptors (Lipinski definition) is 8. The Bertz CT molecular complexity index is 1610. The second-order valence-corrected chi connectivity index (χ2v) is 13.6. The van der Waals surface area contributed by atoms with Gasteiger partial charge in [0.2, 0.25) is 0 Å². The summed E-state index contributed by atoms with van der Waals surface area (Å²) in [5.74, 6) is -0.732. The van der Waals surface area contributed by atoms with Crippen molar-refractivity contribution in [2.75, 3.05) is 12.8 Å². The molecule has 11 nitrogen and oxygen atoms in total. The van der Waals surface area contributed by atoms with Crippen LogP contribution in [0.25, 0.3) is 0 Å². The van der Waals surface area contributed by atoms with Crippen molar-refractivity contribution in [2.24, 2.45) is 5.92 Å². The highest BCUT2D eigenvalue weighted by atomic mass is 31.2. The third-order valence-corrected chi connectivity index (χ3v) is 8.88. The molecule has 0 radical (unpaired) electrons. The molecule has 4 rings (SSSR count). The molecule has 0 unspecified atom stereocenters. The van der Waals surface area contributed by atoms with E-state index in [0.717, 1.165) is 16.7 Å². The average Bonchev–Trinajstić information content (AvgIpc) is 3.09. The number of benzene rings is 4. The van der Waals surface area contributed by atoms with E-state index < -0.39 is 30.6 Å². The molecule has 252 valence electrons. The fourth-order valence-electron chi connectivity index (χ4n) is 4.72. The average molecular weight is 674 g/mol. The number of hydrogen-bond donors (Lipinski definition) is 1. The monoisotopic (exact) mass is 673 g/mol. The standard InChI is InChI=1S/C36H40N3O8P/c1-28(2)23-38(27-48(44,46-25-31-14-8-4-9-15-31)47-26-32-16-10-5-11-17-32)36(41)37-34(22-29-18-20-33(21-19-29)39(42)43)35(40)45-24-30-12-6-3-7-13-30/h3-21,28,34H,22-27H2,1-2H3,(H,37,41)/t34-/m0/s1. The van der Waals surface area contributed by atoms with Gasteiger partial charge in [-0.3, -0.25) is 14.7 Å². The van der Waals surface area contributed by atoms with Crippen LogP contribution >= 0.6 is 7.60 Å². The zero-order valence-corrected chi connectivity index (χ0v) is 27.9. The maximum atomic E-state index is 14.3. The van der Waals surface area contributed by atoms with Crippen LogP contribution in [0.3, 0.4) is 0 Å². The number of nitrogens with zero attached hydrogens (tertiary/aromatic N) is 2. The predicted octanol–water partition coefficient (Wildman–Crippen LogP) is 7.50. The molecule has 0 bridgehead atoms. The van der Waals surface area contributed by atoms with Crippen molar-refractivity contribution in [1.29, 1.82) is 0 Å². The lowest BCUT2D eigenvalue weighted by Gasteiger charge is -2.30. The molecule has 0 saturated carbocycles. The van der Waals surface area contributed by atoms with Gasteiger partial charge < -0.3 is 24.0 Å². The van der Waals surface area contributed by atoms with Crippen molar-refractivity contribution in [3.8, 4) is 0 Å². The van der Waals surface area contributed by atoms with Crippen LogP contribution < -0.4 is 5.32 Å². The van der Waals surface area contributed by atoms with E-state index in [1.54, 1.807) is 0 Å². The molecule has 0 aliphatic heterocycles. The van der Waals surface area contributed by atoms with Gasteiger partial charge in [0.15, 0.2) is 0 Å². The minimum atomic E-state index is -3.93. The summed E-state index contributed by atoms with van der Waals surface area (Å²) in [5, 5.41) is 13.9. The molecule has 12 heteroatoms. The number of nitro groups is 1. The van der Waals surface area contributed by atoms with E-state index in [1.807, 2.05) is 105 Å². The molecule has 0 fully saturated rings. The van der Waals surface area contributed by atoms with Gasteiger partial charge in [0.1, 0.15) is 18.9 Å². The number of nitro benzene ring substituents is 1. The van der Waals surface area contributed by atoms with Crippen molar-refractivity contribution in [2.45, 2.75) is 46.1 Å². The lowest BCUT2D eigenvalue weighted by molar-refractivity contribution is -0.384. The van der Waals surface area contributed by atoms with E-state index in [2.05, 4.69) is 5.32 Å². The first kappa shape index (κ1) is 36.0. The highest BCUT2D eigenvalue weighted by molar-refractivity contribution is 7.53. The second-order valence-electron chi connectivity index (χ2n) is 11.6.